The minimum atomic E-state index is -3.42. The molecular formula is C24H32O4S. The van der Waals surface area contributed by atoms with Gasteiger partial charge < -0.3 is 9.47 Å². The monoisotopic (exact) mass is 416 g/mol. The highest BCUT2D eigenvalue weighted by molar-refractivity contribution is 7.92. The molecule has 0 radical (unpaired) electrons. The molecule has 5 heteroatoms. The number of unbranched alkanes of at least 4 members (excludes halogenated alkanes) is 1. The Morgan fingerprint density at radius 3 is 2.28 bits per heavy atom. The average molecular weight is 417 g/mol. The largest absolute Gasteiger partial charge is 0.493 e. The Balaban J connectivity index is 1.74. The number of hydrogen-bond acceptors (Lipinski definition) is 4. The van der Waals surface area contributed by atoms with Gasteiger partial charge in [-0.15, -0.1) is 0 Å². The Kier molecular flexibility index (Phi) is 7.59. The zero-order valence-corrected chi connectivity index (χ0v) is 18.3. The summed E-state index contributed by atoms with van der Waals surface area (Å²) in [5.74, 6) is 1.26. The van der Waals surface area contributed by atoms with Gasteiger partial charge in [0.2, 0.25) is 0 Å². The van der Waals surface area contributed by atoms with Crippen molar-refractivity contribution < 1.29 is 17.9 Å². The van der Waals surface area contributed by atoms with Crippen LogP contribution in [0.4, 0.5) is 0 Å². The number of sulfone groups is 1. The molecule has 4 nitrogen and oxygen atoms in total. The lowest BCUT2D eigenvalue weighted by atomic mass is 9.98. The molecule has 0 amide bonds. The third-order valence-corrected chi connectivity index (χ3v) is 8.38. The van der Waals surface area contributed by atoms with Crippen molar-refractivity contribution in [3.8, 4) is 11.5 Å². The van der Waals surface area contributed by atoms with Gasteiger partial charge in [-0.05, 0) is 55.7 Å². The Hall–Kier alpha value is -2.01. The van der Waals surface area contributed by atoms with Crippen LogP contribution in [0, 0.1) is 5.92 Å². The van der Waals surface area contributed by atoms with Crippen LogP contribution in [0.25, 0.3) is 0 Å². The first-order chi connectivity index (χ1) is 14.1. The van der Waals surface area contributed by atoms with Crippen LogP contribution in [0.3, 0.4) is 0 Å². The van der Waals surface area contributed by atoms with E-state index in [1.165, 1.54) is 12.7 Å². The Morgan fingerprint density at radius 1 is 0.931 bits per heavy atom. The standard InChI is InChI=1S/C24H32O4S/c1-27-22-17-16-21(18-23(22)28-2)29(25,26)24(20-13-7-8-14-20)15-9-6-12-19-10-4-3-5-11-19/h3-5,10-11,16-18,20,24H,6-9,12-15H2,1-2H3. The van der Waals surface area contributed by atoms with E-state index < -0.39 is 9.84 Å². The van der Waals surface area contributed by atoms with Gasteiger partial charge in [-0.3, -0.25) is 0 Å². The molecule has 1 aliphatic rings. The average Bonchev–Trinajstić information content (AvgIpc) is 3.28. The predicted octanol–water partition coefficient (Wildman–Crippen LogP) is 5.45. The van der Waals surface area contributed by atoms with Gasteiger partial charge in [0.25, 0.3) is 0 Å². The third-order valence-electron chi connectivity index (χ3n) is 6.05. The summed E-state index contributed by atoms with van der Waals surface area (Å²) in [5, 5.41) is -0.320. The molecular weight excluding hydrogens is 384 g/mol. The number of methoxy groups -OCH3 is 2. The van der Waals surface area contributed by atoms with Crippen LogP contribution < -0.4 is 9.47 Å². The van der Waals surface area contributed by atoms with Gasteiger partial charge in [0.1, 0.15) is 0 Å². The smallest absolute Gasteiger partial charge is 0.181 e. The van der Waals surface area contributed by atoms with Crippen molar-refractivity contribution in [1.82, 2.24) is 0 Å². The van der Waals surface area contributed by atoms with E-state index in [0.29, 0.717) is 22.8 Å². The van der Waals surface area contributed by atoms with Crippen LogP contribution >= 0.6 is 0 Å². The first-order valence-electron chi connectivity index (χ1n) is 10.6. The van der Waals surface area contributed by atoms with Crippen molar-refractivity contribution in [2.45, 2.75) is 61.5 Å². The number of rotatable bonds is 10. The zero-order valence-electron chi connectivity index (χ0n) is 17.5. The maximum Gasteiger partial charge on any atom is 0.181 e. The third kappa shape index (κ3) is 5.33. The lowest BCUT2D eigenvalue weighted by Crippen LogP contribution is -2.29. The van der Waals surface area contributed by atoms with Crippen LogP contribution in [-0.4, -0.2) is 27.9 Å². The highest BCUT2D eigenvalue weighted by Gasteiger charge is 2.36. The van der Waals surface area contributed by atoms with Crippen molar-refractivity contribution in [3.63, 3.8) is 0 Å². The molecule has 3 rings (SSSR count). The van der Waals surface area contributed by atoms with Crippen LogP contribution in [0.15, 0.2) is 53.4 Å². The summed E-state index contributed by atoms with van der Waals surface area (Å²) < 4.78 is 37.7. The van der Waals surface area contributed by atoms with Crippen LogP contribution in [-0.2, 0) is 16.3 Å². The van der Waals surface area contributed by atoms with E-state index in [2.05, 4.69) is 24.3 Å². The number of benzene rings is 2. The van der Waals surface area contributed by atoms with Gasteiger partial charge in [-0.2, -0.15) is 0 Å². The number of ether oxygens (including phenoxy) is 2. The molecule has 0 aromatic heterocycles. The van der Waals surface area contributed by atoms with Crippen molar-refractivity contribution in [3.05, 3.63) is 54.1 Å². The molecule has 158 valence electrons. The van der Waals surface area contributed by atoms with E-state index in [-0.39, 0.29) is 11.2 Å². The highest BCUT2D eigenvalue weighted by atomic mass is 32.2. The van der Waals surface area contributed by atoms with Gasteiger partial charge in [0.05, 0.1) is 24.4 Å². The van der Waals surface area contributed by atoms with Crippen molar-refractivity contribution in [2.24, 2.45) is 5.92 Å². The van der Waals surface area contributed by atoms with Crippen molar-refractivity contribution in [2.75, 3.05) is 14.2 Å². The molecule has 1 saturated carbocycles. The molecule has 0 aliphatic heterocycles. The Labute approximate surface area is 175 Å². The molecule has 0 saturated heterocycles. The Bertz CT molecular complexity index is 871. The molecule has 1 atom stereocenters. The second-order valence-corrected chi connectivity index (χ2v) is 10.0. The summed E-state index contributed by atoms with van der Waals surface area (Å²) in [6.45, 7) is 0. The van der Waals surface area contributed by atoms with Crippen LogP contribution in [0.2, 0.25) is 0 Å². The summed E-state index contributed by atoms with van der Waals surface area (Å²) in [6, 6.07) is 15.4. The second kappa shape index (κ2) is 10.1. The molecule has 0 spiro atoms. The molecule has 0 heterocycles. The molecule has 0 bridgehead atoms. The fraction of sp³-hybridized carbons (Fsp3) is 0.500. The molecule has 29 heavy (non-hydrogen) atoms. The van der Waals surface area contributed by atoms with E-state index in [4.69, 9.17) is 9.47 Å². The number of aryl methyl sites for hydroxylation is 1. The molecule has 1 fully saturated rings. The number of hydrogen-bond donors (Lipinski definition) is 0. The summed E-state index contributed by atoms with van der Waals surface area (Å²) in [5.41, 5.74) is 1.31. The minimum Gasteiger partial charge on any atom is -0.493 e. The minimum absolute atomic E-state index is 0.254. The lowest BCUT2D eigenvalue weighted by Gasteiger charge is -2.24. The quantitative estimate of drug-likeness (QED) is 0.483. The normalized spacial score (nSPS) is 15.9. The van der Waals surface area contributed by atoms with Crippen LogP contribution in [0.1, 0.15) is 50.5 Å². The molecule has 2 aromatic rings. The van der Waals surface area contributed by atoms with Gasteiger partial charge in [0, 0.05) is 6.07 Å². The summed E-state index contributed by atoms with van der Waals surface area (Å²) in [6.07, 6.45) is 7.92. The van der Waals surface area contributed by atoms with E-state index in [9.17, 15) is 8.42 Å². The topological polar surface area (TPSA) is 52.6 Å². The molecule has 1 unspecified atom stereocenters. The van der Waals surface area contributed by atoms with Crippen molar-refractivity contribution in [1.29, 1.82) is 0 Å². The SMILES string of the molecule is COc1ccc(S(=O)(=O)C(CCCCc2ccccc2)C2CCCC2)cc1OC. The maximum absolute atomic E-state index is 13.6. The van der Waals surface area contributed by atoms with E-state index in [1.54, 1.807) is 25.3 Å². The van der Waals surface area contributed by atoms with E-state index >= 15 is 0 Å². The first-order valence-corrected chi connectivity index (χ1v) is 12.1. The summed E-state index contributed by atoms with van der Waals surface area (Å²) in [4.78, 5) is 0.343. The molecule has 2 aromatic carbocycles. The summed E-state index contributed by atoms with van der Waals surface area (Å²) in [7, 11) is -0.333. The highest BCUT2D eigenvalue weighted by Crippen LogP contribution is 2.38. The first kappa shape index (κ1) is 21.7. The Morgan fingerprint density at radius 2 is 1.62 bits per heavy atom. The maximum atomic E-state index is 13.6. The van der Waals surface area contributed by atoms with Gasteiger partial charge in [0.15, 0.2) is 21.3 Å². The van der Waals surface area contributed by atoms with Crippen LogP contribution in [0.5, 0.6) is 11.5 Å². The molecule has 0 N–H and O–H groups in total. The summed E-state index contributed by atoms with van der Waals surface area (Å²) >= 11 is 0. The fourth-order valence-corrected chi connectivity index (χ4v) is 6.60. The zero-order chi connectivity index (χ0) is 20.7. The van der Waals surface area contributed by atoms with E-state index in [1.807, 2.05) is 6.07 Å². The van der Waals surface area contributed by atoms with E-state index in [0.717, 1.165) is 44.9 Å². The lowest BCUT2D eigenvalue weighted by molar-refractivity contribution is 0.353. The molecule has 1 aliphatic carbocycles. The van der Waals surface area contributed by atoms with Crippen molar-refractivity contribution >= 4 is 9.84 Å². The fourth-order valence-electron chi connectivity index (χ4n) is 4.46. The second-order valence-electron chi connectivity index (χ2n) is 7.88. The van der Waals surface area contributed by atoms with Gasteiger partial charge in [-0.25, -0.2) is 8.42 Å². The van der Waals surface area contributed by atoms with Gasteiger partial charge >= 0.3 is 0 Å². The van der Waals surface area contributed by atoms with Gasteiger partial charge in [-0.1, -0.05) is 49.6 Å². The predicted molar refractivity (Wildman–Crippen MR) is 116 cm³/mol.